The summed E-state index contributed by atoms with van der Waals surface area (Å²) in [6, 6.07) is 10.6. The summed E-state index contributed by atoms with van der Waals surface area (Å²) in [5.74, 6) is -1.61. The Morgan fingerprint density at radius 2 is 1.28 bits per heavy atom. The van der Waals surface area contributed by atoms with Crippen molar-refractivity contribution in [3.05, 3.63) is 123 Å². The molecular formula is C46H55Br2ClF3N7O6. The normalized spacial score (nSPS) is 22.0. The Morgan fingerprint density at radius 1 is 0.831 bits per heavy atom. The molecule has 3 aliphatic rings. The van der Waals surface area contributed by atoms with Crippen LogP contribution in [0.15, 0.2) is 55.0 Å². The van der Waals surface area contributed by atoms with Gasteiger partial charge in [0, 0.05) is 50.6 Å². The van der Waals surface area contributed by atoms with Crippen LogP contribution >= 0.6 is 43.5 Å². The van der Waals surface area contributed by atoms with Crippen molar-refractivity contribution >= 4 is 55.2 Å². The maximum Gasteiger partial charge on any atom is 0.387 e. The van der Waals surface area contributed by atoms with E-state index >= 15 is 0 Å². The van der Waals surface area contributed by atoms with Gasteiger partial charge in [-0.3, -0.25) is 4.79 Å². The van der Waals surface area contributed by atoms with E-state index in [9.17, 15) is 22.8 Å². The van der Waals surface area contributed by atoms with Gasteiger partial charge in [-0.05, 0) is 90.8 Å². The van der Waals surface area contributed by atoms with E-state index < -0.39 is 40.1 Å². The Hall–Kier alpha value is -4.53. The molecule has 0 saturated heterocycles. The van der Waals surface area contributed by atoms with E-state index in [0.717, 1.165) is 23.5 Å². The zero-order valence-corrected chi connectivity index (χ0v) is 41.9. The van der Waals surface area contributed by atoms with E-state index in [1.54, 1.807) is 42.1 Å². The number of esters is 1. The molecule has 3 aromatic heterocycles. The van der Waals surface area contributed by atoms with E-state index in [1.807, 2.05) is 20.8 Å². The number of carbonyl (C=O) groups is 2. The molecule has 6 rings (SSSR count). The Kier molecular flexibility index (Phi) is 23.9. The molecule has 3 aromatic rings. The molecule has 13 nitrogen and oxygen atoms in total. The number of Topliss-reactive ketones (excluding diaryl/α,β-unsaturated/α-hetero) is 1. The van der Waals surface area contributed by atoms with Crippen molar-refractivity contribution in [1.29, 1.82) is 5.26 Å². The van der Waals surface area contributed by atoms with E-state index in [0.29, 0.717) is 12.8 Å². The van der Waals surface area contributed by atoms with Crippen molar-refractivity contribution in [3.8, 4) is 6.07 Å². The van der Waals surface area contributed by atoms with Crippen LogP contribution in [-0.4, -0.2) is 87.6 Å². The highest BCUT2D eigenvalue weighted by Crippen LogP contribution is 2.53. The van der Waals surface area contributed by atoms with Crippen LogP contribution in [0.1, 0.15) is 91.5 Å². The molecule has 0 aromatic carbocycles. The fraction of sp³-hybridized carbons (Fsp3) is 0.543. The minimum absolute atomic E-state index is 0.00828. The van der Waals surface area contributed by atoms with Crippen LogP contribution in [0.3, 0.4) is 0 Å². The number of aromatic nitrogens is 3. The fourth-order valence-electron chi connectivity index (χ4n) is 6.18. The molecule has 3 fully saturated rings. The number of rotatable bonds is 8. The summed E-state index contributed by atoms with van der Waals surface area (Å²) in [6.07, 6.45) is 7.37. The summed E-state index contributed by atoms with van der Waals surface area (Å²) in [6.45, 7) is 31.8. The third kappa shape index (κ3) is 18.3. The van der Waals surface area contributed by atoms with Crippen LogP contribution in [0.2, 0.25) is 5.15 Å². The highest BCUT2D eigenvalue weighted by atomic mass is 79.9. The first-order chi connectivity index (χ1) is 30.4. The fourth-order valence-corrected chi connectivity index (χ4v) is 7.68. The van der Waals surface area contributed by atoms with Crippen LogP contribution in [0.25, 0.3) is 14.5 Å². The monoisotopic (exact) mass is 1050 g/mol. The zero-order valence-electron chi connectivity index (χ0n) is 38.0. The quantitative estimate of drug-likeness (QED) is 0.0924. The second kappa shape index (κ2) is 26.6. The minimum atomic E-state index is -1.03. The Bertz CT molecular complexity index is 2150. The molecule has 19 heteroatoms. The maximum absolute atomic E-state index is 13.6. The van der Waals surface area contributed by atoms with Crippen molar-refractivity contribution < 1.29 is 41.7 Å². The molecule has 65 heavy (non-hydrogen) atoms. The number of nitriles is 1. The van der Waals surface area contributed by atoms with E-state index in [-0.39, 0.29) is 64.4 Å². The third-order valence-electron chi connectivity index (χ3n) is 10.1. The van der Waals surface area contributed by atoms with Gasteiger partial charge in [0.15, 0.2) is 34.0 Å². The number of pyridine rings is 3. The summed E-state index contributed by atoms with van der Waals surface area (Å²) in [5.41, 5.74) is -2.33. The van der Waals surface area contributed by atoms with Crippen LogP contribution in [0.4, 0.5) is 13.2 Å². The number of carbonyl (C=O) groups excluding carboxylic acids is 2. The predicted molar refractivity (Wildman–Crippen MR) is 247 cm³/mol. The average Bonchev–Trinajstić information content (AvgIpc) is 3.24. The van der Waals surface area contributed by atoms with Crippen molar-refractivity contribution in [2.45, 2.75) is 114 Å². The van der Waals surface area contributed by atoms with Crippen LogP contribution < -0.4 is 0 Å². The lowest BCUT2D eigenvalue weighted by atomic mass is 9.64. The summed E-state index contributed by atoms with van der Waals surface area (Å²) in [4.78, 5) is 42.6. The Morgan fingerprint density at radius 3 is 1.57 bits per heavy atom. The van der Waals surface area contributed by atoms with Gasteiger partial charge in [-0.25, -0.2) is 52.6 Å². The molecule has 0 atom stereocenters. The summed E-state index contributed by atoms with van der Waals surface area (Å²) >= 11 is 11.9. The van der Waals surface area contributed by atoms with E-state index in [2.05, 4.69) is 67.4 Å². The molecule has 3 heterocycles. The standard InChI is InChI=1S/C12H13FN2O.C10H7FN2O.C7H11NO2.C7H11NO.C5H10Br2O.C5H3ClFN/c1-11(16-3)7-12(8-11,14-2)10-9(13)5-4-6-15-10;1-12-10(5-7(14)6-10)9-8(11)3-2-4-13-9;1-7(2,3)10-6(9)5-8-4;1-7(9-2)3-6(4-7)5-8;1-5(3-6,4-7)8-2;6-5-4(7)2-1-3-8-5/h4-6H,7-8H2,1,3H3;2-4H,5-6H2;5H2,1-3H3;6H,3-4H2,1-2H3;3-4H2,1-2H3;1-3H. The average molecular weight is 1050 g/mol. The first-order valence-corrected chi connectivity index (χ1v) is 22.5. The maximum atomic E-state index is 13.6. The van der Waals surface area contributed by atoms with Crippen molar-refractivity contribution in [2.75, 3.05) is 38.5 Å². The summed E-state index contributed by atoms with van der Waals surface area (Å²) in [5, 5.41) is 10.1. The molecule has 3 saturated carbocycles. The van der Waals surface area contributed by atoms with Gasteiger partial charge in [0.25, 0.3) is 11.1 Å². The predicted octanol–water partition coefficient (Wildman–Crippen LogP) is 10.9. The lowest BCUT2D eigenvalue weighted by Gasteiger charge is -2.44. The molecule has 0 amide bonds. The summed E-state index contributed by atoms with van der Waals surface area (Å²) in [7, 11) is 5.03. The van der Waals surface area contributed by atoms with Gasteiger partial charge in [0.2, 0.25) is 0 Å². The van der Waals surface area contributed by atoms with E-state index in [4.69, 9.17) is 55.5 Å². The molecular weight excluding hydrogens is 999 g/mol. The molecule has 3 aliphatic carbocycles. The second-order valence-electron chi connectivity index (χ2n) is 16.8. The topological polar surface area (TPSA) is 147 Å². The molecule has 0 spiro atoms. The lowest BCUT2D eigenvalue weighted by Crippen LogP contribution is -2.52. The highest BCUT2D eigenvalue weighted by molar-refractivity contribution is 9.09. The van der Waals surface area contributed by atoms with Gasteiger partial charge in [0.1, 0.15) is 11.4 Å². The summed E-state index contributed by atoms with van der Waals surface area (Å²) < 4.78 is 59.4. The van der Waals surface area contributed by atoms with Crippen LogP contribution in [-0.2, 0) is 39.6 Å². The molecule has 0 aliphatic heterocycles. The smallest absolute Gasteiger partial charge is 0.387 e. The molecule has 0 unspecified atom stereocenters. The first kappa shape index (κ1) is 58.5. The van der Waals surface area contributed by atoms with Crippen molar-refractivity contribution in [1.82, 2.24) is 15.0 Å². The molecule has 0 radical (unpaired) electrons. The number of alkyl halides is 2. The molecule has 352 valence electrons. The van der Waals surface area contributed by atoms with E-state index in [1.165, 1.54) is 55.0 Å². The minimum Gasteiger partial charge on any atom is -0.454 e. The zero-order chi connectivity index (χ0) is 49.7. The van der Waals surface area contributed by atoms with Crippen LogP contribution in [0.5, 0.6) is 0 Å². The largest absolute Gasteiger partial charge is 0.454 e. The number of hydrogen-bond acceptors (Lipinski definition) is 10. The second-order valence-corrected chi connectivity index (χ2v) is 18.3. The third-order valence-corrected chi connectivity index (χ3v) is 12.7. The SMILES string of the molecule is COC(C)(CBr)CBr.COC1(C)CC(C#N)C1.Fc1cccnc1Cl.[C-]#[N+]C1(c2ncccc2F)CC(=O)C1.[C-]#[N+]C1(c2ncccc2F)CC(C)(OC)C1.[C-]#[N+]CC(=O)OC(C)(C)C. The Labute approximate surface area is 402 Å². The number of methoxy groups -OCH3 is 3. The van der Waals surface area contributed by atoms with Gasteiger partial charge in [-0.1, -0.05) is 43.5 Å². The van der Waals surface area contributed by atoms with Gasteiger partial charge < -0.3 is 33.5 Å². The highest BCUT2D eigenvalue weighted by Gasteiger charge is 2.62. The van der Waals surface area contributed by atoms with Gasteiger partial charge in [-0.15, -0.1) is 0 Å². The Balaban J connectivity index is 0.000000399. The van der Waals surface area contributed by atoms with Crippen molar-refractivity contribution in [2.24, 2.45) is 5.92 Å². The van der Waals surface area contributed by atoms with Crippen molar-refractivity contribution in [3.63, 3.8) is 0 Å². The van der Waals surface area contributed by atoms with Gasteiger partial charge in [0.05, 0.1) is 54.5 Å². The molecule has 0 bridgehead atoms. The van der Waals surface area contributed by atoms with Crippen LogP contribution in [0, 0.1) is 54.4 Å². The van der Waals surface area contributed by atoms with Gasteiger partial charge in [-0.2, -0.15) is 5.26 Å². The number of halogens is 6. The van der Waals surface area contributed by atoms with Gasteiger partial charge >= 0.3 is 12.5 Å². The number of hydrogen-bond donors (Lipinski definition) is 0. The lowest BCUT2D eigenvalue weighted by molar-refractivity contribution is -0.152. The first-order valence-electron chi connectivity index (χ1n) is 19.9. The number of ether oxygens (including phenoxy) is 4. The molecule has 0 N–H and O–H groups in total. The number of ketones is 1. The number of nitrogens with zero attached hydrogens (tertiary/aromatic N) is 7.